The first-order chi connectivity index (χ1) is 7.79. The first-order valence-corrected chi connectivity index (χ1v) is 6.00. The van der Waals surface area contributed by atoms with Gasteiger partial charge in [0.15, 0.2) is 0 Å². The van der Waals surface area contributed by atoms with Crippen molar-refractivity contribution in [1.82, 2.24) is 10.2 Å². The van der Waals surface area contributed by atoms with Crippen molar-refractivity contribution in [3.63, 3.8) is 0 Å². The molecule has 2 N–H and O–H groups in total. The molecule has 0 aromatic carbocycles. The molecule has 2 aliphatic heterocycles. The Morgan fingerprint density at radius 2 is 2.19 bits per heavy atom. The van der Waals surface area contributed by atoms with Crippen molar-refractivity contribution < 1.29 is 14.6 Å². The average molecular weight is 228 g/mol. The predicted molar refractivity (Wildman–Crippen MR) is 59.0 cm³/mol. The summed E-state index contributed by atoms with van der Waals surface area (Å²) in [7, 11) is 0. The Hall–Kier alpha value is -0.650. The van der Waals surface area contributed by atoms with E-state index in [1.54, 1.807) is 0 Å². The van der Waals surface area contributed by atoms with Crippen LogP contribution >= 0.6 is 0 Å². The quantitative estimate of drug-likeness (QED) is 0.664. The van der Waals surface area contributed by atoms with Gasteiger partial charge in [-0.25, -0.2) is 0 Å². The Morgan fingerprint density at radius 3 is 2.88 bits per heavy atom. The van der Waals surface area contributed by atoms with E-state index in [2.05, 4.69) is 5.32 Å². The zero-order valence-electron chi connectivity index (χ0n) is 9.52. The molecular weight excluding hydrogens is 208 g/mol. The zero-order valence-corrected chi connectivity index (χ0v) is 9.52. The zero-order chi connectivity index (χ0) is 11.4. The minimum Gasteiger partial charge on any atom is -0.394 e. The maximum atomic E-state index is 11.6. The van der Waals surface area contributed by atoms with Crippen LogP contribution in [0.15, 0.2) is 0 Å². The molecule has 92 valence electrons. The first kappa shape index (κ1) is 11.8. The average Bonchev–Trinajstić information content (AvgIpc) is 2.33. The molecule has 1 unspecified atom stereocenters. The smallest absolute Gasteiger partial charge is 0.248 e. The molecule has 0 aliphatic carbocycles. The van der Waals surface area contributed by atoms with Crippen LogP contribution in [0.2, 0.25) is 0 Å². The lowest BCUT2D eigenvalue weighted by Crippen LogP contribution is -2.50. The number of carbonyl (C=O) groups excluding carboxylic acids is 1. The normalized spacial score (nSPS) is 28.4. The topological polar surface area (TPSA) is 61.8 Å². The van der Waals surface area contributed by atoms with Gasteiger partial charge < -0.3 is 20.1 Å². The van der Waals surface area contributed by atoms with Crippen molar-refractivity contribution >= 4 is 5.91 Å². The van der Waals surface area contributed by atoms with Gasteiger partial charge in [0.1, 0.15) is 6.61 Å². The van der Waals surface area contributed by atoms with Crippen molar-refractivity contribution in [2.45, 2.75) is 18.9 Å². The molecule has 0 aromatic rings. The highest BCUT2D eigenvalue weighted by Crippen LogP contribution is 2.16. The molecule has 2 heterocycles. The standard InChI is InChI=1S/C11H20N2O3/c14-7-10-6-13(11(15)8-16-10)5-9-1-3-12-4-2-9/h9-10,12,14H,1-8H2. The molecule has 0 spiro atoms. The summed E-state index contributed by atoms with van der Waals surface area (Å²) in [5, 5.41) is 12.3. The largest absolute Gasteiger partial charge is 0.394 e. The summed E-state index contributed by atoms with van der Waals surface area (Å²) in [4.78, 5) is 13.5. The molecule has 16 heavy (non-hydrogen) atoms. The van der Waals surface area contributed by atoms with Gasteiger partial charge in [-0.1, -0.05) is 0 Å². The molecule has 1 atom stereocenters. The number of hydrogen-bond acceptors (Lipinski definition) is 4. The second-order valence-electron chi connectivity index (χ2n) is 4.61. The number of morpholine rings is 1. The van der Waals surface area contributed by atoms with Crippen LogP contribution in [0.4, 0.5) is 0 Å². The molecule has 0 saturated carbocycles. The number of aliphatic hydroxyl groups is 1. The number of nitrogens with zero attached hydrogens (tertiary/aromatic N) is 1. The molecule has 5 nitrogen and oxygen atoms in total. The van der Waals surface area contributed by atoms with Crippen LogP contribution in [0.1, 0.15) is 12.8 Å². The highest BCUT2D eigenvalue weighted by molar-refractivity contribution is 5.78. The molecule has 0 radical (unpaired) electrons. The lowest BCUT2D eigenvalue weighted by molar-refractivity contribution is -0.152. The predicted octanol–water partition coefficient (Wildman–Crippen LogP) is -0.794. The fraction of sp³-hybridized carbons (Fsp3) is 0.909. The van der Waals surface area contributed by atoms with E-state index in [0.29, 0.717) is 12.5 Å². The van der Waals surface area contributed by atoms with E-state index in [0.717, 1.165) is 32.5 Å². The Morgan fingerprint density at radius 1 is 1.44 bits per heavy atom. The highest BCUT2D eigenvalue weighted by atomic mass is 16.5. The molecule has 2 fully saturated rings. The SMILES string of the molecule is O=C1COC(CO)CN1CC1CCNCC1. The number of nitrogens with one attached hydrogen (secondary N) is 1. The second kappa shape index (κ2) is 5.61. The van der Waals surface area contributed by atoms with Gasteiger partial charge in [0.25, 0.3) is 0 Å². The van der Waals surface area contributed by atoms with Gasteiger partial charge in [-0.05, 0) is 31.8 Å². The van der Waals surface area contributed by atoms with Gasteiger partial charge in [-0.15, -0.1) is 0 Å². The van der Waals surface area contributed by atoms with Crippen LogP contribution in [0.25, 0.3) is 0 Å². The lowest BCUT2D eigenvalue weighted by Gasteiger charge is -2.35. The number of aliphatic hydroxyl groups excluding tert-OH is 1. The Kier molecular flexibility index (Phi) is 4.15. The van der Waals surface area contributed by atoms with Crippen LogP contribution in [-0.2, 0) is 9.53 Å². The van der Waals surface area contributed by atoms with Crippen LogP contribution in [0, 0.1) is 5.92 Å². The third kappa shape index (κ3) is 2.93. The van der Waals surface area contributed by atoms with Crippen LogP contribution in [0.5, 0.6) is 0 Å². The summed E-state index contributed by atoms with van der Waals surface area (Å²) in [5.41, 5.74) is 0. The minimum absolute atomic E-state index is 0.00397. The molecular formula is C11H20N2O3. The summed E-state index contributed by atoms with van der Waals surface area (Å²) in [6.45, 7) is 3.57. The molecule has 0 aromatic heterocycles. The van der Waals surface area contributed by atoms with E-state index in [-0.39, 0.29) is 25.2 Å². The van der Waals surface area contributed by atoms with Gasteiger partial charge >= 0.3 is 0 Å². The van der Waals surface area contributed by atoms with Crippen LogP contribution in [0.3, 0.4) is 0 Å². The molecule has 1 amide bonds. The van der Waals surface area contributed by atoms with Crippen molar-refractivity contribution in [2.24, 2.45) is 5.92 Å². The molecule has 2 aliphatic rings. The Balaban J connectivity index is 1.83. The maximum Gasteiger partial charge on any atom is 0.248 e. The van der Waals surface area contributed by atoms with Crippen molar-refractivity contribution in [1.29, 1.82) is 0 Å². The summed E-state index contributed by atoms with van der Waals surface area (Å²) in [5.74, 6) is 0.658. The van der Waals surface area contributed by atoms with E-state index in [9.17, 15) is 4.79 Å². The van der Waals surface area contributed by atoms with E-state index in [1.807, 2.05) is 4.90 Å². The number of amides is 1. The van der Waals surface area contributed by atoms with E-state index >= 15 is 0 Å². The lowest BCUT2D eigenvalue weighted by atomic mass is 9.97. The van der Waals surface area contributed by atoms with Crippen LogP contribution in [-0.4, -0.2) is 61.4 Å². The summed E-state index contributed by atoms with van der Waals surface area (Å²) < 4.78 is 5.21. The Bertz CT molecular complexity index is 241. The fourth-order valence-electron chi connectivity index (χ4n) is 2.34. The van der Waals surface area contributed by atoms with Crippen molar-refractivity contribution in [3.8, 4) is 0 Å². The number of piperidine rings is 1. The van der Waals surface area contributed by atoms with E-state index in [1.165, 1.54) is 0 Å². The van der Waals surface area contributed by atoms with Crippen molar-refractivity contribution in [2.75, 3.05) is 39.4 Å². The third-order valence-corrected chi connectivity index (χ3v) is 3.36. The monoisotopic (exact) mass is 228 g/mol. The second-order valence-corrected chi connectivity index (χ2v) is 4.61. The van der Waals surface area contributed by atoms with E-state index < -0.39 is 0 Å². The van der Waals surface area contributed by atoms with Crippen molar-refractivity contribution in [3.05, 3.63) is 0 Å². The van der Waals surface area contributed by atoms with Gasteiger partial charge in [0.2, 0.25) is 5.91 Å². The third-order valence-electron chi connectivity index (χ3n) is 3.36. The number of hydrogen-bond donors (Lipinski definition) is 2. The molecule has 2 saturated heterocycles. The van der Waals surface area contributed by atoms with Gasteiger partial charge in [0.05, 0.1) is 12.7 Å². The molecule has 0 bridgehead atoms. The van der Waals surface area contributed by atoms with Gasteiger partial charge in [0, 0.05) is 13.1 Å². The fourth-order valence-corrected chi connectivity index (χ4v) is 2.34. The Labute approximate surface area is 95.8 Å². The van der Waals surface area contributed by atoms with E-state index in [4.69, 9.17) is 9.84 Å². The van der Waals surface area contributed by atoms with Crippen LogP contribution < -0.4 is 5.32 Å². The summed E-state index contributed by atoms with van der Waals surface area (Å²) in [6.07, 6.45) is 2.07. The minimum atomic E-state index is -0.195. The highest BCUT2D eigenvalue weighted by Gasteiger charge is 2.28. The van der Waals surface area contributed by atoms with Gasteiger partial charge in [-0.3, -0.25) is 4.79 Å². The summed E-state index contributed by atoms with van der Waals surface area (Å²) >= 11 is 0. The molecule has 5 heteroatoms. The molecule has 2 rings (SSSR count). The maximum absolute atomic E-state index is 11.6. The number of carbonyl (C=O) groups is 1. The summed E-state index contributed by atoms with van der Waals surface area (Å²) in [6, 6.07) is 0. The first-order valence-electron chi connectivity index (χ1n) is 6.00. The number of ether oxygens (including phenoxy) is 1. The number of rotatable bonds is 3. The van der Waals surface area contributed by atoms with Gasteiger partial charge in [-0.2, -0.15) is 0 Å².